The molecular weight excluding hydrogens is 268 g/mol. The zero-order valence-corrected chi connectivity index (χ0v) is 11.7. The lowest BCUT2D eigenvalue weighted by atomic mass is 10.00. The second-order valence-electron chi connectivity index (χ2n) is 4.81. The summed E-state index contributed by atoms with van der Waals surface area (Å²) >= 11 is 0. The van der Waals surface area contributed by atoms with Gasteiger partial charge in [0, 0.05) is 12.0 Å². The Morgan fingerprint density at radius 3 is 2.38 bits per heavy atom. The Morgan fingerprint density at radius 1 is 1.05 bits per heavy atom. The molecular formula is C17H16O4. The van der Waals surface area contributed by atoms with Crippen molar-refractivity contribution < 1.29 is 19.4 Å². The van der Waals surface area contributed by atoms with Crippen LogP contribution in [0.2, 0.25) is 0 Å². The lowest BCUT2D eigenvalue weighted by Crippen LogP contribution is -2.14. The summed E-state index contributed by atoms with van der Waals surface area (Å²) in [4.78, 5) is 22.8. The van der Waals surface area contributed by atoms with Crippen molar-refractivity contribution in [2.45, 2.75) is 13.3 Å². The number of aliphatic carboxylic acids is 1. The van der Waals surface area contributed by atoms with Crippen LogP contribution in [0.3, 0.4) is 0 Å². The van der Waals surface area contributed by atoms with Gasteiger partial charge in [-0.1, -0.05) is 37.3 Å². The van der Waals surface area contributed by atoms with E-state index in [1.54, 1.807) is 24.3 Å². The van der Waals surface area contributed by atoms with Gasteiger partial charge in [0.25, 0.3) is 0 Å². The fraction of sp³-hybridized carbons (Fsp3) is 0.176. The van der Waals surface area contributed by atoms with Gasteiger partial charge in [0.1, 0.15) is 11.5 Å². The van der Waals surface area contributed by atoms with E-state index in [-0.39, 0.29) is 12.2 Å². The van der Waals surface area contributed by atoms with Crippen LogP contribution < -0.4 is 4.74 Å². The topological polar surface area (TPSA) is 63.6 Å². The van der Waals surface area contributed by atoms with Gasteiger partial charge in [-0.05, 0) is 24.3 Å². The molecule has 0 amide bonds. The summed E-state index contributed by atoms with van der Waals surface area (Å²) < 4.78 is 5.65. The molecule has 4 heteroatoms. The monoisotopic (exact) mass is 284 g/mol. The molecule has 0 heterocycles. The van der Waals surface area contributed by atoms with E-state index in [0.29, 0.717) is 17.1 Å². The lowest BCUT2D eigenvalue weighted by molar-refractivity contribution is -0.141. The van der Waals surface area contributed by atoms with E-state index < -0.39 is 11.9 Å². The molecule has 1 unspecified atom stereocenters. The summed E-state index contributed by atoms with van der Waals surface area (Å²) in [7, 11) is 0. The first-order chi connectivity index (χ1) is 10.1. The predicted octanol–water partition coefficient (Wildman–Crippen LogP) is 3.77. The minimum absolute atomic E-state index is 0.0237. The van der Waals surface area contributed by atoms with Crippen LogP contribution in [0.4, 0.5) is 0 Å². The van der Waals surface area contributed by atoms with E-state index in [2.05, 4.69) is 0 Å². The number of ether oxygens (including phenoxy) is 1. The molecule has 0 aliphatic heterocycles. The van der Waals surface area contributed by atoms with E-state index in [9.17, 15) is 9.59 Å². The molecule has 0 radical (unpaired) electrons. The third-order valence-electron chi connectivity index (χ3n) is 3.05. The molecule has 108 valence electrons. The Bertz CT molecular complexity index is 634. The molecule has 0 aliphatic carbocycles. The summed E-state index contributed by atoms with van der Waals surface area (Å²) in [6, 6.07) is 16.0. The van der Waals surface area contributed by atoms with Gasteiger partial charge < -0.3 is 9.84 Å². The minimum atomic E-state index is -0.972. The Hall–Kier alpha value is -2.62. The van der Waals surface area contributed by atoms with Crippen LogP contribution in [0.1, 0.15) is 23.7 Å². The van der Waals surface area contributed by atoms with Crippen LogP contribution in [-0.4, -0.2) is 16.9 Å². The molecule has 21 heavy (non-hydrogen) atoms. The fourth-order valence-electron chi connectivity index (χ4n) is 1.84. The predicted molar refractivity (Wildman–Crippen MR) is 78.7 cm³/mol. The molecule has 0 saturated heterocycles. The molecule has 0 spiro atoms. The van der Waals surface area contributed by atoms with Gasteiger partial charge in [-0.3, -0.25) is 9.59 Å². The molecule has 0 fully saturated rings. The van der Waals surface area contributed by atoms with E-state index >= 15 is 0 Å². The fourth-order valence-corrected chi connectivity index (χ4v) is 1.84. The highest BCUT2D eigenvalue weighted by atomic mass is 16.5. The van der Waals surface area contributed by atoms with Crippen molar-refractivity contribution in [2.24, 2.45) is 5.92 Å². The first-order valence-corrected chi connectivity index (χ1v) is 6.65. The van der Waals surface area contributed by atoms with Crippen molar-refractivity contribution in [1.82, 2.24) is 0 Å². The van der Waals surface area contributed by atoms with E-state index in [1.165, 1.54) is 6.92 Å². The zero-order valence-electron chi connectivity index (χ0n) is 11.7. The van der Waals surface area contributed by atoms with Crippen molar-refractivity contribution in [3.63, 3.8) is 0 Å². The number of carboxylic acids is 1. The van der Waals surface area contributed by atoms with Crippen LogP contribution in [0.5, 0.6) is 11.5 Å². The van der Waals surface area contributed by atoms with Crippen molar-refractivity contribution >= 4 is 11.8 Å². The van der Waals surface area contributed by atoms with E-state index in [0.717, 1.165) is 0 Å². The minimum Gasteiger partial charge on any atom is -0.481 e. The number of Topliss-reactive ketones (excluding diaryl/α,β-unsaturated/α-hetero) is 1. The largest absolute Gasteiger partial charge is 0.481 e. The zero-order chi connectivity index (χ0) is 15.2. The Balaban J connectivity index is 2.10. The maximum atomic E-state index is 12.0. The number of carbonyl (C=O) groups excluding carboxylic acids is 1. The molecule has 0 bridgehead atoms. The van der Waals surface area contributed by atoms with Gasteiger partial charge in [0.05, 0.1) is 5.92 Å². The average Bonchev–Trinajstić information content (AvgIpc) is 2.48. The third-order valence-corrected chi connectivity index (χ3v) is 3.05. The number of rotatable bonds is 6. The van der Waals surface area contributed by atoms with Gasteiger partial charge in [-0.2, -0.15) is 0 Å². The van der Waals surface area contributed by atoms with Crippen molar-refractivity contribution in [3.8, 4) is 11.5 Å². The van der Waals surface area contributed by atoms with Gasteiger partial charge in [-0.15, -0.1) is 0 Å². The SMILES string of the molecule is CC(CC(=O)c1cccc(Oc2ccccc2)c1)C(=O)O. The quantitative estimate of drug-likeness (QED) is 0.820. The second kappa shape index (κ2) is 6.70. The average molecular weight is 284 g/mol. The maximum Gasteiger partial charge on any atom is 0.306 e. The van der Waals surface area contributed by atoms with Crippen LogP contribution in [-0.2, 0) is 4.79 Å². The Labute approximate surface area is 123 Å². The molecule has 2 rings (SSSR count). The first-order valence-electron chi connectivity index (χ1n) is 6.65. The normalized spacial score (nSPS) is 11.7. The maximum absolute atomic E-state index is 12.0. The summed E-state index contributed by atoms with van der Waals surface area (Å²) in [6.07, 6.45) is -0.0237. The Morgan fingerprint density at radius 2 is 1.71 bits per heavy atom. The summed E-state index contributed by atoms with van der Waals surface area (Å²) in [5, 5.41) is 8.85. The number of hydrogen-bond acceptors (Lipinski definition) is 3. The number of hydrogen-bond donors (Lipinski definition) is 1. The van der Waals surface area contributed by atoms with Gasteiger partial charge in [-0.25, -0.2) is 0 Å². The van der Waals surface area contributed by atoms with Crippen LogP contribution in [0.25, 0.3) is 0 Å². The Kier molecular flexibility index (Phi) is 4.72. The smallest absolute Gasteiger partial charge is 0.306 e. The molecule has 1 N–H and O–H groups in total. The molecule has 2 aromatic carbocycles. The first kappa shape index (κ1) is 14.8. The molecule has 4 nitrogen and oxygen atoms in total. The number of benzene rings is 2. The highest BCUT2D eigenvalue weighted by Crippen LogP contribution is 2.22. The van der Waals surface area contributed by atoms with Crippen LogP contribution in [0.15, 0.2) is 54.6 Å². The molecule has 0 aromatic heterocycles. The summed E-state index contributed by atoms with van der Waals surface area (Å²) in [6.45, 7) is 1.52. The van der Waals surface area contributed by atoms with E-state index in [4.69, 9.17) is 9.84 Å². The van der Waals surface area contributed by atoms with Crippen molar-refractivity contribution in [3.05, 3.63) is 60.2 Å². The molecule has 0 aliphatic rings. The number of carboxylic acid groups (broad SMARTS) is 1. The lowest BCUT2D eigenvalue weighted by Gasteiger charge is -2.08. The summed E-state index contributed by atoms with van der Waals surface area (Å²) in [5.74, 6) is -0.643. The molecule has 2 aromatic rings. The standard InChI is InChI=1S/C17H16O4/c1-12(17(19)20)10-16(18)13-6-5-9-15(11-13)21-14-7-3-2-4-8-14/h2-9,11-12H,10H2,1H3,(H,19,20). The van der Waals surface area contributed by atoms with Crippen LogP contribution >= 0.6 is 0 Å². The van der Waals surface area contributed by atoms with Gasteiger partial charge in [0.2, 0.25) is 0 Å². The number of carbonyl (C=O) groups is 2. The second-order valence-corrected chi connectivity index (χ2v) is 4.81. The molecule has 0 saturated carbocycles. The summed E-state index contributed by atoms with van der Waals surface area (Å²) in [5.41, 5.74) is 0.455. The van der Waals surface area contributed by atoms with Crippen molar-refractivity contribution in [2.75, 3.05) is 0 Å². The van der Waals surface area contributed by atoms with Gasteiger partial charge in [0.15, 0.2) is 5.78 Å². The van der Waals surface area contributed by atoms with E-state index in [1.807, 2.05) is 30.3 Å². The highest BCUT2D eigenvalue weighted by Gasteiger charge is 2.17. The molecule has 1 atom stereocenters. The third kappa shape index (κ3) is 4.18. The number of para-hydroxylation sites is 1. The highest BCUT2D eigenvalue weighted by molar-refractivity contribution is 5.98. The number of ketones is 1. The van der Waals surface area contributed by atoms with Crippen molar-refractivity contribution in [1.29, 1.82) is 0 Å². The van der Waals surface area contributed by atoms with Crippen LogP contribution in [0, 0.1) is 5.92 Å². The van der Waals surface area contributed by atoms with Gasteiger partial charge >= 0.3 is 5.97 Å².